The maximum absolute atomic E-state index is 13.8. The molecule has 1 aliphatic carbocycles. The highest BCUT2D eigenvalue weighted by Crippen LogP contribution is 2.49. The summed E-state index contributed by atoms with van der Waals surface area (Å²) in [6.45, 7) is 2.61. The molecular weight excluding hydrogens is 453 g/mol. The number of nitrogens with zero attached hydrogens (tertiary/aromatic N) is 1. The molecule has 34 heavy (non-hydrogen) atoms. The van der Waals surface area contributed by atoms with Gasteiger partial charge in [-0.2, -0.15) is 0 Å². The number of amides is 1. The summed E-state index contributed by atoms with van der Waals surface area (Å²) in [5.41, 5.74) is 1.06. The van der Waals surface area contributed by atoms with Crippen LogP contribution in [-0.4, -0.2) is 74.9 Å². The van der Waals surface area contributed by atoms with Crippen LogP contribution in [-0.2, 0) is 32.0 Å². The second kappa shape index (κ2) is 9.29. The van der Waals surface area contributed by atoms with Crippen molar-refractivity contribution in [2.75, 3.05) is 33.5 Å². The number of benzene rings is 1. The molecule has 5 unspecified atom stereocenters. The summed E-state index contributed by atoms with van der Waals surface area (Å²) in [5, 5.41) is 3.70. The summed E-state index contributed by atoms with van der Waals surface area (Å²) in [6.07, 6.45) is -1.35. The third-order valence-corrected chi connectivity index (χ3v) is 7.79. The first-order chi connectivity index (χ1) is 16.3. The summed E-state index contributed by atoms with van der Waals surface area (Å²) in [7, 11) is 1.69. The van der Waals surface area contributed by atoms with Crippen LogP contribution in [0.1, 0.15) is 36.8 Å². The van der Waals surface area contributed by atoms with E-state index in [9.17, 15) is 18.0 Å². The van der Waals surface area contributed by atoms with Crippen LogP contribution in [0.15, 0.2) is 18.2 Å². The van der Waals surface area contributed by atoms with Gasteiger partial charge in [-0.1, -0.05) is 6.07 Å². The Morgan fingerprint density at radius 3 is 2.91 bits per heavy atom. The number of hydrogen-bond acceptors (Lipinski definition) is 6. The Balaban J connectivity index is 1.29. The van der Waals surface area contributed by atoms with Crippen molar-refractivity contribution >= 4 is 5.91 Å². The monoisotopic (exact) mass is 484 g/mol. The zero-order valence-electron chi connectivity index (χ0n) is 19.2. The number of alkyl halides is 3. The molecule has 0 spiro atoms. The predicted molar refractivity (Wildman–Crippen MR) is 115 cm³/mol. The van der Waals surface area contributed by atoms with E-state index in [0.717, 1.165) is 18.4 Å². The van der Waals surface area contributed by atoms with Crippen LogP contribution in [0.3, 0.4) is 0 Å². The van der Waals surface area contributed by atoms with Crippen molar-refractivity contribution in [3.8, 4) is 5.75 Å². The molecular formula is C24H31F3N2O5. The number of methoxy groups -OCH3 is 1. The second-order valence-electron chi connectivity index (χ2n) is 9.77. The topological polar surface area (TPSA) is 69.3 Å². The molecule has 1 saturated carbocycles. The summed E-state index contributed by atoms with van der Waals surface area (Å²) in [6, 6.07) is 4.70. The number of carbonyl (C=O) groups excluding carboxylic acids is 1. The van der Waals surface area contributed by atoms with Crippen LogP contribution in [0.4, 0.5) is 13.2 Å². The fraction of sp³-hybridized carbons (Fsp3) is 0.708. The fourth-order valence-electron chi connectivity index (χ4n) is 6.13. The number of nitrogens with one attached hydrogen (secondary N) is 1. The van der Waals surface area contributed by atoms with E-state index >= 15 is 0 Å². The van der Waals surface area contributed by atoms with Gasteiger partial charge >= 0.3 is 6.36 Å². The van der Waals surface area contributed by atoms with Gasteiger partial charge in [-0.25, -0.2) is 0 Å². The lowest BCUT2D eigenvalue weighted by Gasteiger charge is -2.37. The van der Waals surface area contributed by atoms with Gasteiger partial charge in [0, 0.05) is 45.5 Å². The van der Waals surface area contributed by atoms with Gasteiger partial charge in [0.25, 0.3) is 0 Å². The number of ether oxygens (including phenoxy) is 4. The molecule has 188 valence electrons. The van der Waals surface area contributed by atoms with Gasteiger partial charge in [0.1, 0.15) is 5.75 Å². The van der Waals surface area contributed by atoms with Crippen LogP contribution in [0.25, 0.3) is 0 Å². The minimum atomic E-state index is -4.75. The van der Waals surface area contributed by atoms with E-state index in [1.54, 1.807) is 18.1 Å². The highest BCUT2D eigenvalue weighted by Gasteiger charge is 2.58. The third kappa shape index (κ3) is 4.65. The number of hydrogen-bond donors (Lipinski definition) is 1. The van der Waals surface area contributed by atoms with Gasteiger partial charge in [0.05, 0.1) is 24.2 Å². The molecule has 5 atom stereocenters. The molecule has 3 heterocycles. The molecule has 1 aromatic rings. The zero-order valence-corrected chi connectivity index (χ0v) is 19.2. The van der Waals surface area contributed by atoms with E-state index in [-0.39, 0.29) is 42.5 Å². The molecule has 1 aromatic carbocycles. The molecule has 4 aliphatic rings. The van der Waals surface area contributed by atoms with Crippen molar-refractivity contribution in [3.63, 3.8) is 0 Å². The summed E-state index contributed by atoms with van der Waals surface area (Å²) in [4.78, 5) is 15.6. The number of carbonyl (C=O) groups is 1. The number of halogens is 3. The van der Waals surface area contributed by atoms with Gasteiger partial charge in [-0.3, -0.25) is 4.79 Å². The van der Waals surface area contributed by atoms with Gasteiger partial charge in [-0.15, -0.1) is 13.2 Å². The first-order valence-corrected chi connectivity index (χ1v) is 11.9. The molecule has 10 heteroatoms. The van der Waals surface area contributed by atoms with Gasteiger partial charge in [0.2, 0.25) is 5.91 Å². The molecule has 5 rings (SSSR count). The summed E-state index contributed by atoms with van der Waals surface area (Å²) < 4.78 is 59.2. The van der Waals surface area contributed by atoms with Crippen LogP contribution < -0.4 is 10.1 Å². The van der Waals surface area contributed by atoms with E-state index in [1.807, 2.05) is 0 Å². The van der Waals surface area contributed by atoms with Crippen molar-refractivity contribution in [2.24, 2.45) is 5.41 Å². The highest BCUT2D eigenvalue weighted by molar-refractivity contribution is 5.84. The lowest BCUT2D eigenvalue weighted by Crippen LogP contribution is -2.51. The quantitative estimate of drug-likeness (QED) is 0.694. The third-order valence-electron chi connectivity index (χ3n) is 7.79. The molecule has 3 aliphatic heterocycles. The molecule has 1 N–H and O–H groups in total. The van der Waals surface area contributed by atoms with Crippen molar-refractivity contribution in [3.05, 3.63) is 29.3 Å². The molecule has 0 radical (unpaired) electrons. The Bertz CT molecular complexity index is 913. The maximum atomic E-state index is 13.8. The van der Waals surface area contributed by atoms with E-state index in [4.69, 9.17) is 14.2 Å². The largest absolute Gasteiger partial charge is 0.573 e. The van der Waals surface area contributed by atoms with Gasteiger partial charge in [-0.05, 0) is 55.4 Å². The molecule has 0 bridgehead atoms. The van der Waals surface area contributed by atoms with Crippen LogP contribution in [0, 0.1) is 5.41 Å². The van der Waals surface area contributed by atoms with Gasteiger partial charge in [0.15, 0.2) is 0 Å². The molecule has 1 amide bonds. The highest BCUT2D eigenvalue weighted by atomic mass is 19.4. The van der Waals surface area contributed by atoms with E-state index in [2.05, 4.69) is 10.1 Å². The average Bonchev–Trinajstić information content (AvgIpc) is 3.35. The lowest BCUT2D eigenvalue weighted by molar-refractivity contribution is -0.274. The van der Waals surface area contributed by atoms with E-state index in [0.29, 0.717) is 51.2 Å². The average molecular weight is 485 g/mol. The predicted octanol–water partition coefficient (Wildman–Crippen LogP) is 2.80. The maximum Gasteiger partial charge on any atom is 0.573 e. The minimum Gasteiger partial charge on any atom is -0.406 e. The Morgan fingerprint density at radius 1 is 1.26 bits per heavy atom. The Morgan fingerprint density at radius 2 is 2.12 bits per heavy atom. The Labute approximate surface area is 196 Å². The van der Waals surface area contributed by atoms with Crippen LogP contribution in [0.5, 0.6) is 5.75 Å². The first-order valence-electron chi connectivity index (χ1n) is 11.9. The molecule has 2 saturated heterocycles. The lowest BCUT2D eigenvalue weighted by atomic mass is 9.80. The van der Waals surface area contributed by atoms with Crippen molar-refractivity contribution in [1.82, 2.24) is 10.2 Å². The van der Waals surface area contributed by atoms with Crippen LogP contribution in [0.2, 0.25) is 0 Å². The fourth-order valence-corrected chi connectivity index (χ4v) is 6.13. The molecule has 3 fully saturated rings. The van der Waals surface area contributed by atoms with E-state index < -0.39 is 11.8 Å². The summed E-state index contributed by atoms with van der Waals surface area (Å²) >= 11 is 0. The standard InChI is InChI=1S/C24H31F3N2O5/c1-31-20-14-32-8-5-19(20)28-17-11-21-23(12-17,6-9-33-21)22(30)29-7-4-15-2-3-18(10-16(15)13-29)34-24(25,26)27/h2-3,10,17,19-21,28H,4-9,11-14H2,1H3. The zero-order chi connectivity index (χ0) is 23.9. The first kappa shape index (κ1) is 23.8. The molecule has 7 nitrogen and oxygen atoms in total. The number of fused-ring (bicyclic) bond motifs is 2. The Hall–Kier alpha value is -1.88. The number of rotatable bonds is 5. The second-order valence-corrected chi connectivity index (χ2v) is 9.77. The van der Waals surface area contributed by atoms with Crippen molar-refractivity contribution in [2.45, 2.75) is 69.3 Å². The summed E-state index contributed by atoms with van der Waals surface area (Å²) in [5.74, 6) is -0.211. The minimum absolute atomic E-state index is 0.0199. The van der Waals surface area contributed by atoms with Gasteiger partial charge < -0.3 is 29.2 Å². The molecule has 0 aromatic heterocycles. The Kier molecular flexibility index (Phi) is 6.52. The van der Waals surface area contributed by atoms with Crippen molar-refractivity contribution < 1.29 is 36.9 Å². The van der Waals surface area contributed by atoms with Crippen molar-refractivity contribution in [1.29, 1.82) is 0 Å². The SMILES string of the molecule is COC1COCCC1NC1CC2OCCC2(C(=O)N2CCc3ccc(OC(F)(F)F)cc3C2)C1. The normalized spacial score (nSPS) is 33.5. The van der Waals surface area contributed by atoms with Crippen LogP contribution >= 0.6 is 0 Å². The van der Waals surface area contributed by atoms with E-state index in [1.165, 1.54) is 12.1 Å². The smallest absolute Gasteiger partial charge is 0.406 e.